The number of ether oxygens (including phenoxy) is 1. The molecule has 1 saturated carbocycles. The predicted octanol–water partition coefficient (Wildman–Crippen LogP) is 4.19. The van der Waals surface area contributed by atoms with Gasteiger partial charge in [-0.2, -0.15) is 0 Å². The molecule has 1 aromatic rings. The van der Waals surface area contributed by atoms with E-state index in [-0.39, 0.29) is 5.54 Å². The summed E-state index contributed by atoms with van der Waals surface area (Å²) < 4.78 is 5.22. The molecule has 0 saturated heterocycles. The molecule has 1 aliphatic carbocycles. The van der Waals surface area contributed by atoms with Crippen molar-refractivity contribution in [3.05, 3.63) is 24.3 Å². The number of rotatable bonds is 6. The van der Waals surface area contributed by atoms with Crippen molar-refractivity contribution in [2.75, 3.05) is 19.0 Å². The molecule has 1 fully saturated rings. The van der Waals surface area contributed by atoms with Gasteiger partial charge in [-0.05, 0) is 49.4 Å². The lowest BCUT2D eigenvalue weighted by Crippen LogP contribution is -2.45. The van der Waals surface area contributed by atoms with Gasteiger partial charge in [-0.3, -0.25) is 0 Å². The standard InChI is InChI=1S/C18H30N2O/c1-3-5-15-6-4-12-18(14-19,13-11-15)20-16-7-9-17(21-2)10-8-16/h7-10,15,20H,3-6,11-14,19H2,1-2H3. The van der Waals surface area contributed by atoms with Crippen LogP contribution in [0.3, 0.4) is 0 Å². The highest BCUT2D eigenvalue weighted by atomic mass is 16.5. The lowest BCUT2D eigenvalue weighted by atomic mass is 9.88. The number of benzene rings is 1. The Morgan fingerprint density at radius 1 is 1.24 bits per heavy atom. The first-order chi connectivity index (χ1) is 10.2. The molecule has 1 aliphatic rings. The van der Waals surface area contributed by atoms with Crippen molar-refractivity contribution in [2.24, 2.45) is 11.7 Å². The Morgan fingerprint density at radius 3 is 2.62 bits per heavy atom. The zero-order chi connectivity index (χ0) is 15.1. The van der Waals surface area contributed by atoms with Crippen LogP contribution < -0.4 is 15.8 Å². The number of nitrogens with two attached hydrogens (primary N) is 1. The minimum Gasteiger partial charge on any atom is -0.497 e. The Balaban J connectivity index is 2.02. The smallest absolute Gasteiger partial charge is 0.119 e. The molecule has 3 nitrogen and oxygen atoms in total. The third-order valence-corrected chi connectivity index (χ3v) is 4.89. The molecule has 2 atom stereocenters. The minimum atomic E-state index is 0.0665. The van der Waals surface area contributed by atoms with Crippen LogP contribution in [0.1, 0.15) is 51.9 Å². The Hall–Kier alpha value is -1.22. The highest BCUT2D eigenvalue weighted by molar-refractivity contribution is 5.48. The van der Waals surface area contributed by atoms with Crippen LogP contribution in [0.2, 0.25) is 0 Å². The molecule has 0 amide bonds. The lowest BCUT2D eigenvalue weighted by Gasteiger charge is -2.34. The predicted molar refractivity (Wildman–Crippen MR) is 89.9 cm³/mol. The number of hydrogen-bond acceptors (Lipinski definition) is 3. The van der Waals surface area contributed by atoms with Gasteiger partial charge >= 0.3 is 0 Å². The van der Waals surface area contributed by atoms with Gasteiger partial charge in [0.25, 0.3) is 0 Å². The monoisotopic (exact) mass is 290 g/mol. The van der Waals surface area contributed by atoms with Crippen molar-refractivity contribution in [1.82, 2.24) is 0 Å². The summed E-state index contributed by atoms with van der Waals surface area (Å²) in [6.45, 7) is 2.99. The maximum atomic E-state index is 6.14. The van der Waals surface area contributed by atoms with Crippen molar-refractivity contribution in [3.63, 3.8) is 0 Å². The Labute approximate surface area is 129 Å². The van der Waals surface area contributed by atoms with Gasteiger partial charge in [0.05, 0.1) is 7.11 Å². The van der Waals surface area contributed by atoms with E-state index in [0.29, 0.717) is 6.54 Å². The van der Waals surface area contributed by atoms with E-state index < -0.39 is 0 Å². The van der Waals surface area contributed by atoms with Crippen molar-refractivity contribution in [1.29, 1.82) is 0 Å². The zero-order valence-corrected chi connectivity index (χ0v) is 13.5. The van der Waals surface area contributed by atoms with E-state index in [1.54, 1.807) is 7.11 Å². The fourth-order valence-electron chi connectivity index (χ4n) is 3.54. The second kappa shape index (κ2) is 7.69. The summed E-state index contributed by atoms with van der Waals surface area (Å²) in [5, 5.41) is 3.72. The van der Waals surface area contributed by atoms with Gasteiger partial charge in [0.15, 0.2) is 0 Å². The molecule has 2 unspecified atom stereocenters. The third-order valence-electron chi connectivity index (χ3n) is 4.89. The summed E-state index contributed by atoms with van der Waals surface area (Å²) in [4.78, 5) is 0. The molecule has 0 aromatic heterocycles. The first-order valence-electron chi connectivity index (χ1n) is 8.33. The van der Waals surface area contributed by atoms with Crippen molar-refractivity contribution in [3.8, 4) is 5.75 Å². The molecule has 2 rings (SSSR count). The maximum absolute atomic E-state index is 6.14. The zero-order valence-electron chi connectivity index (χ0n) is 13.5. The van der Waals surface area contributed by atoms with Gasteiger partial charge in [0.1, 0.15) is 5.75 Å². The SMILES string of the molecule is CCCC1CCCC(CN)(Nc2ccc(OC)cc2)CC1. The fourth-order valence-corrected chi connectivity index (χ4v) is 3.54. The van der Waals surface area contributed by atoms with E-state index in [1.165, 1.54) is 44.9 Å². The van der Waals surface area contributed by atoms with Crippen LogP contribution in [0.5, 0.6) is 5.75 Å². The first kappa shape index (κ1) is 16.2. The van der Waals surface area contributed by atoms with Crippen LogP contribution in [-0.2, 0) is 0 Å². The summed E-state index contributed by atoms with van der Waals surface area (Å²) >= 11 is 0. The molecule has 0 radical (unpaired) electrons. The van der Waals surface area contributed by atoms with E-state index in [4.69, 9.17) is 10.5 Å². The van der Waals surface area contributed by atoms with Crippen LogP contribution >= 0.6 is 0 Å². The summed E-state index contributed by atoms with van der Waals surface area (Å²) in [6.07, 6.45) is 8.96. The van der Waals surface area contributed by atoms with Gasteiger partial charge in [-0.1, -0.05) is 32.6 Å². The molecule has 0 aliphatic heterocycles. The van der Waals surface area contributed by atoms with Crippen molar-refractivity contribution < 1.29 is 4.74 Å². The molecule has 21 heavy (non-hydrogen) atoms. The van der Waals surface area contributed by atoms with E-state index in [9.17, 15) is 0 Å². The van der Waals surface area contributed by atoms with Crippen LogP contribution in [0.25, 0.3) is 0 Å². The largest absolute Gasteiger partial charge is 0.497 e. The van der Waals surface area contributed by atoms with E-state index in [2.05, 4.69) is 24.4 Å². The topological polar surface area (TPSA) is 47.3 Å². The summed E-state index contributed by atoms with van der Waals surface area (Å²) in [7, 11) is 1.70. The summed E-state index contributed by atoms with van der Waals surface area (Å²) in [5.41, 5.74) is 7.36. The quantitative estimate of drug-likeness (QED) is 0.772. The molecule has 3 N–H and O–H groups in total. The summed E-state index contributed by atoms with van der Waals surface area (Å²) in [5.74, 6) is 1.78. The average molecular weight is 290 g/mol. The minimum absolute atomic E-state index is 0.0665. The highest BCUT2D eigenvalue weighted by Crippen LogP contribution is 2.34. The van der Waals surface area contributed by atoms with E-state index in [0.717, 1.165) is 17.4 Å². The van der Waals surface area contributed by atoms with E-state index >= 15 is 0 Å². The molecular weight excluding hydrogens is 260 g/mol. The molecule has 0 spiro atoms. The molecule has 1 aromatic carbocycles. The van der Waals surface area contributed by atoms with Gasteiger partial charge in [-0.15, -0.1) is 0 Å². The Bertz CT molecular complexity index is 418. The molecule has 0 heterocycles. The number of methoxy groups -OCH3 is 1. The van der Waals surface area contributed by atoms with Crippen LogP contribution in [-0.4, -0.2) is 19.2 Å². The van der Waals surface area contributed by atoms with Crippen LogP contribution in [0, 0.1) is 5.92 Å². The third kappa shape index (κ3) is 4.37. The number of anilines is 1. The Morgan fingerprint density at radius 2 is 2.00 bits per heavy atom. The molecule has 0 bridgehead atoms. The maximum Gasteiger partial charge on any atom is 0.119 e. The normalized spacial score (nSPS) is 26.1. The van der Waals surface area contributed by atoms with Gasteiger partial charge in [0, 0.05) is 17.8 Å². The van der Waals surface area contributed by atoms with Gasteiger partial charge < -0.3 is 15.8 Å². The van der Waals surface area contributed by atoms with Crippen molar-refractivity contribution >= 4 is 5.69 Å². The number of hydrogen-bond donors (Lipinski definition) is 2. The van der Waals surface area contributed by atoms with E-state index in [1.807, 2.05) is 12.1 Å². The van der Waals surface area contributed by atoms with Crippen molar-refractivity contribution in [2.45, 2.75) is 57.4 Å². The van der Waals surface area contributed by atoms with Gasteiger partial charge in [0.2, 0.25) is 0 Å². The highest BCUT2D eigenvalue weighted by Gasteiger charge is 2.31. The Kier molecular flexibility index (Phi) is 5.92. The second-order valence-corrected chi connectivity index (χ2v) is 6.42. The fraction of sp³-hybridized carbons (Fsp3) is 0.667. The average Bonchev–Trinajstić information content (AvgIpc) is 2.72. The summed E-state index contributed by atoms with van der Waals surface area (Å²) in [6, 6.07) is 8.18. The second-order valence-electron chi connectivity index (χ2n) is 6.42. The van der Waals surface area contributed by atoms with Crippen LogP contribution in [0.4, 0.5) is 5.69 Å². The molecule has 118 valence electrons. The van der Waals surface area contributed by atoms with Crippen LogP contribution in [0.15, 0.2) is 24.3 Å². The molecular formula is C18H30N2O. The first-order valence-corrected chi connectivity index (χ1v) is 8.33. The lowest BCUT2D eigenvalue weighted by molar-refractivity contribution is 0.389. The molecule has 3 heteroatoms. The number of nitrogens with one attached hydrogen (secondary N) is 1. The van der Waals surface area contributed by atoms with Gasteiger partial charge in [-0.25, -0.2) is 0 Å².